The van der Waals surface area contributed by atoms with Gasteiger partial charge >= 0.3 is 0 Å². The molecule has 0 bridgehead atoms. The summed E-state index contributed by atoms with van der Waals surface area (Å²) in [5.41, 5.74) is 20.9. The number of rotatable bonds is 14. The van der Waals surface area contributed by atoms with Gasteiger partial charge in [0.25, 0.3) is 0 Å². The first-order chi connectivity index (χ1) is 31.6. The van der Waals surface area contributed by atoms with E-state index in [4.69, 9.17) is 5.32 Å². The number of anilines is 4. The first-order valence-corrected chi connectivity index (χ1v) is 24.5. The van der Waals surface area contributed by atoms with E-state index in [2.05, 4.69) is 193 Å². The van der Waals surface area contributed by atoms with Crippen molar-refractivity contribution in [3.05, 3.63) is 224 Å². The average molecular weight is 906 g/mol. The Morgan fingerprint density at radius 1 is 0.530 bits per heavy atom. The quantitative estimate of drug-likeness (QED) is 0.0748. The Labute approximate surface area is 395 Å². The van der Waals surface area contributed by atoms with Crippen molar-refractivity contribution in [1.29, 1.82) is 0 Å². The normalized spacial score (nSPS) is 11.5. The molecule has 0 amide bonds. The molecule has 0 aliphatic heterocycles. The molecule has 8 aromatic carbocycles. The van der Waals surface area contributed by atoms with E-state index in [1.165, 1.54) is 38.9 Å². The van der Waals surface area contributed by atoms with Crippen LogP contribution in [0.3, 0.4) is 0 Å². The van der Waals surface area contributed by atoms with Crippen LogP contribution >= 0.6 is 11.9 Å². The van der Waals surface area contributed by atoms with Gasteiger partial charge in [-0.15, -0.1) is 15.5 Å². The highest BCUT2D eigenvalue weighted by Gasteiger charge is 2.22. The van der Waals surface area contributed by atoms with Crippen molar-refractivity contribution in [3.63, 3.8) is 0 Å². The van der Waals surface area contributed by atoms with Gasteiger partial charge in [-0.2, -0.15) is 0 Å². The van der Waals surface area contributed by atoms with Crippen LogP contribution in [0, 0.1) is 62.3 Å². The maximum atomic E-state index is 13.5. The largest absolute Gasteiger partial charge is 0.657 e. The minimum absolute atomic E-state index is 0.159. The summed E-state index contributed by atoms with van der Waals surface area (Å²) in [6.07, 6.45) is 1.69. The molecule has 0 aromatic heterocycles. The maximum absolute atomic E-state index is 13.5. The molecule has 8 heteroatoms. The molecule has 0 spiro atoms. The van der Waals surface area contributed by atoms with E-state index in [1.807, 2.05) is 6.07 Å². The van der Waals surface area contributed by atoms with E-state index in [0.717, 1.165) is 95.1 Å². The van der Waals surface area contributed by atoms with Crippen LogP contribution in [0.25, 0.3) is 22.2 Å². The third-order valence-corrected chi connectivity index (χ3v) is 14.8. The van der Waals surface area contributed by atoms with Crippen molar-refractivity contribution in [2.45, 2.75) is 78.0 Å². The first-order valence-electron chi connectivity index (χ1n) is 22.2. The zero-order valence-corrected chi connectivity index (χ0v) is 40.9. The molecule has 0 saturated heterocycles. The predicted molar refractivity (Wildman–Crippen MR) is 282 cm³/mol. The van der Waals surface area contributed by atoms with Crippen molar-refractivity contribution >= 4 is 72.9 Å². The minimum atomic E-state index is -3.82. The van der Waals surface area contributed by atoms with Crippen molar-refractivity contribution in [1.82, 2.24) is 4.13 Å². The molecule has 0 aliphatic carbocycles. The van der Waals surface area contributed by atoms with Crippen LogP contribution in [0.2, 0.25) is 0 Å². The minimum Gasteiger partial charge on any atom is -0.657 e. The maximum Gasteiger partial charge on any atom is 0.250 e. The summed E-state index contributed by atoms with van der Waals surface area (Å²) < 4.78 is 29.8. The van der Waals surface area contributed by atoms with Gasteiger partial charge in [-0.1, -0.05) is 131 Å². The summed E-state index contributed by atoms with van der Waals surface area (Å²) in [4.78, 5) is 0.925. The van der Waals surface area contributed by atoms with Crippen LogP contribution in [-0.4, -0.2) is 8.42 Å². The van der Waals surface area contributed by atoms with Gasteiger partial charge in [-0.3, -0.25) is 0 Å². The molecule has 0 saturated carbocycles. The topological polar surface area (TPSA) is 84.3 Å². The highest BCUT2D eigenvalue weighted by atomic mass is 32.3. The number of nitrogens with one attached hydrogen (secondary N) is 3. The highest BCUT2D eigenvalue weighted by Crippen LogP contribution is 2.46. The van der Waals surface area contributed by atoms with Gasteiger partial charge in [-0.05, 0) is 178 Å². The lowest BCUT2D eigenvalue weighted by molar-refractivity contribution is 0.594. The van der Waals surface area contributed by atoms with E-state index in [1.54, 1.807) is 30.3 Å². The second-order valence-corrected chi connectivity index (χ2v) is 20.5. The first kappa shape index (κ1) is 46.0. The van der Waals surface area contributed by atoms with Gasteiger partial charge in [0.15, 0.2) is 0 Å². The fraction of sp³-hybridized carbons (Fsp3) is 0.172. The second kappa shape index (κ2) is 19.1. The summed E-state index contributed by atoms with van der Waals surface area (Å²) in [7, 11) is -3.82. The lowest BCUT2D eigenvalue weighted by atomic mass is 9.82. The molecular formula is C58H57N4O2S2-. The lowest BCUT2D eigenvalue weighted by Gasteiger charge is -2.31. The standard InChI is InChI=1S/C58H57N4O2S2/c1-11-44-12-23-50(24-13-44)66(63,64)62-65-49-22-25-51-52(26-27-54(53(51)34-49)61-58-42(9)32-37(4)33-43(58)10)55(45-14-18-47(19-15-45)59-56-38(5)28-35(2)29-39(56)6)46-16-20-48(21-17-46)60-57-40(7)30-36(3)31-41(57)8/h11-34,55,59-60,62H,1H2,2-10H3/q-1. The van der Waals surface area contributed by atoms with Crippen molar-refractivity contribution in [2.24, 2.45) is 0 Å². The molecule has 334 valence electrons. The molecule has 0 atom stereocenters. The molecule has 0 radical (unpaired) electrons. The van der Waals surface area contributed by atoms with E-state index >= 15 is 0 Å². The summed E-state index contributed by atoms with van der Waals surface area (Å²) in [5, 5.41) is 14.7. The molecule has 6 nitrogen and oxygen atoms in total. The van der Waals surface area contributed by atoms with Crippen LogP contribution in [0.5, 0.6) is 0 Å². The lowest BCUT2D eigenvalue weighted by Crippen LogP contribution is -2.16. The van der Waals surface area contributed by atoms with Gasteiger partial charge in [0, 0.05) is 33.6 Å². The van der Waals surface area contributed by atoms with E-state index < -0.39 is 10.0 Å². The van der Waals surface area contributed by atoms with Gasteiger partial charge in [-0.25, -0.2) is 8.42 Å². The Bertz CT molecular complexity index is 3060. The average Bonchev–Trinajstić information content (AvgIpc) is 3.28. The van der Waals surface area contributed by atoms with Crippen molar-refractivity contribution < 1.29 is 8.42 Å². The molecule has 3 N–H and O–H groups in total. The number of fused-ring (bicyclic) bond motifs is 1. The van der Waals surface area contributed by atoms with Crippen molar-refractivity contribution in [2.75, 3.05) is 10.6 Å². The SMILES string of the molecule is C=Cc1ccc(S(=O)(=O)NSc2ccc3c(C(c4ccc(Nc5c(C)cc(C)cc5C)cc4)c4ccc(Nc5c(C)cc(C)cc5C)cc4)ccc([N-]c4c(C)cc(C)cc4C)c3c2)cc1. The number of nitrogens with zero attached hydrogens (tertiary/aromatic N) is 1. The van der Waals surface area contributed by atoms with Gasteiger partial charge in [0.05, 0.1) is 4.90 Å². The molecule has 8 aromatic rings. The number of hydrogen-bond donors (Lipinski definition) is 3. The number of aryl methyl sites for hydroxylation is 9. The Balaban J connectivity index is 1.23. The zero-order valence-electron chi connectivity index (χ0n) is 39.2. The van der Waals surface area contributed by atoms with Crippen LogP contribution in [0.15, 0.2) is 156 Å². The third kappa shape index (κ3) is 9.97. The molecule has 8 rings (SSSR count). The summed E-state index contributed by atoms with van der Waals surface area (Å²) >= 11 is 1.07. The van der Waals surface area contributed by atoms with Crippen LogP contribution in [0.1, 0.15) is 78.2 Å². The Hall–Kier alpha value is -6.58. The van der Waals surface area contributed by atoms with Crippen molar-refractivity contribution in [3.8, 4) is 0 Å². The highest BCUT2D eigenvalue weighted by molar-refractivity contribution is 8.09. The summed E-state index contributed by atoms with van der Waals surface area (Å²) in [6, 6.07) is 47.9. The number of sulfonamides is 1. The molecule has 0 fully saturated rings. The van der Waals surface area contributed by atoms with E-state index in [-0.39, 0.29) is 10.8 Å². The Kier molecular flexibility index (Phi) is 13.3. The third-order valence-electron chi connectivity index (χ3n) is 12.3. The molecular weight excluding hydrogens is 849 g/mol. The van der Waals surface area contributed by atoms with Crippen LogP contribution < -0.4 is 14.8 Å². The fourth-order valence-corrected chi connectivity index (χ4v) is 11.3. The number of benzene rings is 8. The zero-order chi connectivity index (χ0) is 46.9. The van der Waals surface area contributed by atoms with Gasteiger partial charge in [0.2, 0.25) is 10.0 Å². The summed E-state index contributed by atoms with van der Waals surface area (Å²) in [5.74, 6) is -0.159. The van der Waals surface area contributed by atoms with E-state index in [0.29, 0.717) is 0 Å². The number of hydrogen-bond acceptors (Lipinski definition) is 5. The van der Waals surface area contributed by atoms with Crippen LogP contribution in [0.4, 0.5) is 34.1 Å². The molecule has 0 unspecified atom stereocenters. The molecule has 0 aliphatic rings. The fourth-order valence-electron chi connectivity index (χ4n) is 9.26. The Morgan fingerprint density at radius 2 is 1.00 bits per heavy atom. The smallest absolute Gasteiger partial charge is 0.250 e. The van der Waals surface area contributed by atoms with Gasteiger partial charge < -0.3 is 16.0 Å². The predicted octanol–water partition coefficient (Wildman–Crippen LogP) is 16.2. The van der Waals surface area contributed by atoms with Gasteiger partial charge in [0.1, 0.15) is 0 Å². The monoisotopic (exact) mass is 905 g/mol. The molecule has 0 heterocycles. The molecule has 66 heavy (non-hydrogen) atoms. The Morgan fingerprint density at radius 3 is 1.47 bits per heavy atom. The van der Waals surface area contributed by atoms with E-state index in [9.17, 15) is 8.42 Å². The van der Waals surface area contributed by atoms with Crippen LogP contribution in [-0.2, 0) is 10.0 Å². The summed E-state index contributed by atoms with van der Waals surface area (Å²) in [6.45, 7) is 23.0. The second-order valence-electron chi connectivity index (χ2n) is 17.7.